The number of aliphatic hydroxyl groups is 1. The Bertz CT molecular complexity index is 1380. The smallest absolute Gasteiger partial charge is 0.255 e. The number of rotatable bonds is 5. The number of benzene rings is 1. The summed E-state index contributed by atoms with van der Waals surface area (Å²) in [6, 6.07) is 8.62. The Morgan fingerprint density at radius 2 is 1.76 bits per heavy atom. The van der Waals surface area contributed by atoms with E-state index in [0.717, 1.165) is 5.56 Å². The third kappa shape index (κ3) is 8.88. The number of nitrogens with one attached hydrogen (secondary N) is 3. The summed E-state index contributed by atoms with van der Waals surface area (Å²) >= 11 is 0. The highest BCUT2D eigenvalue weighted by molar-refractivity contribution is 5.97. The second kappa shape index (κ2) is 15.8. The summed E-state index contributed by atoms with van der Waals surface area (Å²) in [6.07, 6.45) is 1.47. The summed E-state index contributed by atoms with van der Waals surface area (Å²) in [7, 11) is 1.47. The molecule has 0 saturated carbocycles. The van der Waals surface area contributed by atoms with Crippen LogP contribution in [0.4, 0.5) is 0 Å². The van der Waals surface area contributed by atoms with Crippen molar-refractivity contribution in [2.24, 2.45) is 5.92 Å². The Morgan fingerprint density at radius 1 is 1.02 bits per heavy atom. The molecule has 13 heteroatoms. The molecule has 0 spiro atoms. The standard InChI is InChI=1S/C33H44N6O7/c1-20(2)15-26-33(45)38(4)21(3)30(42)37-25(16-22-9-6-5-7-10-22)31(43)36-24-12-14-46-27(29(24)41)18-39(19-28(40)35-26)32(44)23-11-8-13-34-17-23/h5-11,13,17,20-21,24-27,29,41H,12,14-16,18-19H2,1-4H3,(H,35,40)(H,36,43)(H,37,42)/t21-,24-,25-,26+,27+,29-/m0/s1. The Morgan fingerprint density at radius 3 is 2.43 bits per heavy atom. The average molecular weight is 637 g/mol. The number of carbonyl (C=O) groups excluding carboxylic acids is 5. The quantitative estimate of drug-likeness (QED) is 0.363. The number of fused-ring (bicyclic) bond motifs is 2. The predicted octanol–water partition coefficient (Wildman–Crippen LogP) is 0.277. The molecular weight excluding hydrogens is 592 g/mol. The average Bonchev–Trinajstić information content (AvgIpc) is 3.04. The van der Waals surface area contributed by atoms with E-state index in [1.54, 1.807) is 19.1 Å². The molecule has 0 radical (unpaired) electrons. The molecule has 4 N–H and O–H groups in total. The SMILES string of the molecule is CC(C)C[C@H]1NC(=O)CN(C(=O)c2cccnc2)C[C@H]2OCC[C@H](NC(=O)[C@H](Cc3ccccc3)NC(=O)[C@H](C)N(C)C1=O)[C@@H]2O. The first-order valence-electron chi connectivity index (χ1n) is 15.6. The third-order valence-electron chi connectivity index (χ3n) is 8.38. The lowest BCUT2D eigenvalue weighted by Crippen LogP contribution is -2.60. The van der Waals surface area contributed by atoms with E-state index in [1.807, 2.05) is 44.2 Å². The van der Waals surface area contributed by atoms with E-state index in [4.69, 9.17) is 4.74 Å². The molecule has 1 aromatic carbocycles. The van der Waals surface area contributed by atoms with Gasteiger partial charge in [-0.25, -0.2) is 0 Å². The van der Waals surface area contributed by atoms with Crippen molar-refractivity contribution in [3.05, 3.63) is 66.0 Å². The molecule has 0 aliphatic carbocycles. The first-order valence-corrected chi connectivity index (χ1v) is 15.6. The van der Waals surface area contributed by atoms with Crippen LogP contribution in [0.15, 0.2) is 54.9 Å². The van der Waals surface area contributed by atoms with Crippen LogP contribution >= 0.6 is 0 Å². The van der Waals surface area contributed by atoms with Crippen LogP contribution in [0.3, 0.4) is 0 Å². The summed E-state index contributed by atoms with van der Waals surface area (Å²) in [6.45, 7) is 4.93. The molecule has 2 fully saturated rings. The summed E-state index contributed by atoms with van der Waals surface area (Å²) in [5.41, 5.74) is 1.04. The Kier molecular flexibility index (Phi) is 11.8. The van der Waals surface area contributed by atoms with Gasteiger partial charge in [-0.2, -0.15) is 0 Å². The molecule has 4 rings (SSSR count). The number of aromatic nitrogens is 1. The van der Waals surface area contributed by atoms with Crippen molar-refractivity contribution in [1.82, 2.24) is 30.7 Å². The maximum Gasteiger partial charge on any atom is 0.255 e. The molecule has 0 unspecified atom stereocenters. The Balaban J connectivity index is 1.70. The second-order valence-corrected chi connectivity index (χ2v) is 12.4. The maximum atomic E-state index is 13.7. The minimum absolute atomic E-state index is 0.00990. The Labute approximate surface area is 269 Å². The van der Waals surface area contributed by atoms with Gasteiger partial charge in [-0.05, 0) is 43.4 Å². The molecule has 2 aliphatic heterocycles. The van der Waals surface area contributed by atoms with Gasteiger partial charge in [-0.1, -0.05) is 44.2 Å². The van der Waals surface area contributed by atoms with E-state index < -0.39 is 72.5 Å². The molecule has 2 bridgehead atoms. The number of ether oxygens (including phenoxy) is 1. The zero-order valence-electron chi connectivity index (χ0n) is 26.7. The van der Waals surface area contributed by atoms with Gasteiger partial charge in [-0.15, -0.1) is 0 Å². The number of nitrogens with zero attached hydrogens (tertiary/aromatic N) is 3. The summed E-state index contributed by atoms with van der Waals surface area (Å²) in [5, 5.41) is 19.8. The molecule has 248 valence electrons. The van der Waals surface area contributed by atoms with Crippen molar-refractivity contribution in [2.45, 2.75) is 76.4 Å². The van der Waals surface area contributed by atoms with Gasteiger partial charge in [0.05, 0.1) is 24.7 Å². The fraction of sp³-hybridized carbons (Fsp3) is 0.515. The number of hydrogen-bond donors (Lipinski definition) is 4. The predicted molar refractivity (Wildman–Crippen MR) is 168 cm³/mol. The number of hydrogen-bond acceptors (Lipinski definition) is 8. The highest BCUT2D eigenvalue weighted by Crippen LogP contribution is 2.19. The summed E-state index contributed by atoms with van der Waals surface area (Å²) in [4.78, 5) is 74.5. The van der Waals surface area contributed by atoms with Crippen molar-refractivity contribution < 1.29 is 33.8 Å². The van der Waals surface area contributed by atoms with Gasteiger partial charge in [-0.3, -0.25) is 29.0 Å². The van der Waals surface area contributed by atoms with Crippen LogP contribution < -0.4 is 16.0 Å². The van der Waals surface area contributed by atoms with E-state index in [-0.39, 0.29) is 43.9 Å². The number of carbonyl (C=O) groups is 5. The maximum absolute atomic E-state index is 13.7. The third-order valence-corrected chi connectivity index (χ3v) is 8.38. The fourth-order valence-corrected chi connectivity index (χ4v) is 5.65. The first kappa shape index (κ1) is 34.5. The van der Waals surface area contributed by atoms with Crippen molar-refractivity contribution in [3.8, 4) is 0 Å². The zero-order valence-corrected chi connectivity index (χ0v) is 26.7. The lowest BCUT2D eigenvalue weighted by molar-refractivity contribution is -0.142. The van der Waals surface area contributed by atoms with Gasteiger partial charge < -0.3 is 35.6 Å². The molecule has 1 aromatic heterocycles. The van der Waals surface area contributed by atoms with Crippen molar-refractivity contribution in [3.63, 3.8) is 0 Å². The minimum Gasteiger partial charge on any atom is -0.388 e. The lowest BCUT2D eigenvalue weighted by Gasteiger charge is -2.38. The van der Waals surface area contributed by atoms with E-state index in [1.165, 1.54) is 29.2 Å². The summed E-state index contributed by atoms with van der Waals surface area (Å²) < 4.78 is 5.86. The molecule has 2 aliphatic rings. The molecule has 46 heavy (non-hydrogen) atoms. The number of amides is 5. The number of pyridine rings is 1. The summed E-state index contributed by atoms with van der Waals surface area (Å²) in [5.74, 6) is -2.65. The van der Waals surface area contributed by atoms with Gasteiger partial charge >= 0.3 is 0 Å². The van der Waals surface area contributed by atoms with Gasteiger partial charge in [0.2, 0.25) is 23.6 Å². The minimum atomic E-state index is -1.23. The lowest BCUT2D eigenvalue weighted by atomic mass is 9.97. The normalized spacial score (nSPS) is 27.0. The molecule has 6 atom stereocenters. The van der Waals surface area contributed by atoms with Crippen LogP contribution in [-0.4, -0.2) is 113 Å². The molecular formula is C33H44N6O7. The molecule has 2 aromatic rings. The van der Waals surface area contributed by atoms with Gasteiger partial charge in [0.1, 0.15) is 30.3 Å². The van der Waals surface area contributed by atoms with Crippen molar-refractivity contribution in [2.75, 3.05) is 26.7 Å². The largest absolute Gasteiger partial charge is 0.388 e. The highest BCUT2D eigenvalue weighted by atomic mass is 16.5. The Hall–Kier alpha value is -4.36. The van der Waals surface area contributed by atoms with Crippen LogP contribution in [0, 0.1) is 5.92 Å². The second-order valence-electron chi connectivity index (χ2n) is 12.4. The molecule has 2 saturated heterocycles. The zero-order chi connectivity index (χ0) is 33.4. The first-order chi connectivity index (χ1) is 21.9. The topological polar surface area (TPSA) is 170 Å². The van der Waals surface area contributed by atoms with Crippen molar-refractivity contribution >= 4 is 29.5 Å². The van der Waals surface area contributed by atoms with E-state index >= 15 is 0 Å². The van der Waals surface area contributed by atoms with Crippen molar-refractivity contribution in [1.29, 1.82) is 0 Å². The van der Waals surface area contributed by atoms with E-state index in [9.17, 15) is 29.1 Å². The van der Waals surface area contributed by atoms with Crippen LogP contribution in [0.25, 0.3) is 0 Å². The van der Waals surface area contributed by atoms with Crippen LogP contribution in [0.5, 0.6) is 0 Å². The van der Waals surface area contributed by atoms with Gasteiger partial charge in [0.15, 0.2) is 0 Å². The fourth-order valence-electron chi connectivity index (χ4n) is 5.65. The van der Waals surface area contributed by atoms with Crippen LogP contribution in [0.2, 0.25) is 0 Å². The molecule has 3 heterocycles. The van der Waals surface area contributed by atoms with Gasteiger partial charge in [0, 0.05) is 32.5 Å². The number of aliphatic hydroxyl groups excluding tert-OH is 1. The van der Waals surface area contributed by atoms with Crippen LogP contribution in [-0.2, 0) is 30.3 Å². The monoisotopic (exact) mass is 636 g/mol. The highest BCUT2D eigenvalue weighted by Gasteiger charge is 2.39. The van der Waals surface area contributed by atoms with E-state index in [0.29, 0.717) is 0 Å². The van der Waals surface area contributed by atoms with Gasteiger partial charge in [0.25, 0.3) is 5.91 Å². The van der Waals surface area contributed by atoms with Crippen LogP contribution in [0.1, 0.15) is 49.5 Å². The molecule has 5 amide bonds. The van der Waals surface area contributed by atoms with E-state index in [2.05, 4.69) is 20.9 Å². The molecule has 13 nitrogen and oxygen atoms in total. The number of likely N-dealkylation sites (N-methyl/N-ethyl adjacent to an activating group) is 1.